The molecule has 1 unspecified atom stereocenters. The Hall–Kier alpha value is -1.26. The average Bonchev–Trinajstić information content (AvgIpc) is 2.35. The largest absolute Gasteiger partial charge is 0.344 e. The van der Waals surface area contributed by atoms with Gasteiger partial charge in [-0.1, -0.05) is 0 Å². The minimum atomic E-state index is 0.0393. The van der Waals surface area contributed by atoms with Crippen molar-refractivity contribution >= 4 is 11.9 Å². The van der Waals surface area contributed by atoms with Crippen molar-refractivity contribution in [2.24, 2.45) is 0 Å². The predicted molar refractivity (Wildman–Crippen MR) is 64.6 cm³/mol. The topological polar surface area (TPSA) is 52.7 Å². The Balaban J connectivity index is 1.80. The van der Waals surface area contributed by atoms with Crippen LogP contribution in [0.1, 0.15) is 32.1 Å². The zero-order valence-electron chi connectivity index (χ0n) is 10.4. The molecule has 1 atom stereocenters. The van der Waals surface area contributed by atoms with Crippen LogP contribution in [0, 0.1) is 0 Å². The Morgan fingerprint density at radius 1 is 1.29 bits per heavy atom. The van der Waals surface area contributed by atoms with Crippen LogP contribution in [0.5, 0.6) is 0 Å². The Morgan fingerprint density at radius 3 is 2.65 bits per heavy atom. The third-order valence-corrected chi connectivity index (χ3v) is 3.60. The minimum absolute atomic E-state index is 0.0393. The highest BCUT2D eigenvalue weighted by Crippen LogP contribution is 2.12. The molecule has 0 aromatic rings. The molecule has 5 nitrogen and oxygen atoms in total. The SMILES string of the molecule is CN1CC(NC(=O)N2CCCCC2)CCC1=O. The van der Waals surface area contributed by atoms with E-state index in [0.717, 1.165) is 32.4 Å². The molecule has 96 valence electrons. The molecule has 17 heavy (non-hydrogen) atoms. The number of carbonyl (C=O) groups excluding carboxylic acids is 2. The molecule has 5 heteroatoms. The lowest BCUT2D eigenvalue weighted by Gasteiger charge is -2.33. The molecular formula is C12H21N3O2. The summed E-state index contributed by atoms with van der Waals surface area (Å²) in [7, 11) is 1.79. The molecule has 0 bridgehead atoms. The summed E-state index contributed by atoms with van der Waals surface area (Å²) in [5.41, 5.74) is 0. The van der Waals surface area contributed by atoms with Gasteiger partial charge >= 0.3 is 6.03 Å². The first kappa shape index (κ1) is 12.2. The van der Waals surface area contributed by atoms with E-state index in [1.165, 1.54) is 6.42 Å². The maximum Gasteiger partial charge on any atom is 0.317 e. The van der Waals surface area contributed by atoms with Crippen molar-refractivity contribution in [2.75, 3.05) is 26.7 Å². The molecule has 0 aromatic heterocycles. The van der Waals surface area contributed by atoms with Gasteiger partial charge in [-0.25, -0.2) is 4.79 Å². The first-order valence-electron chi connectivity index (χ1n) is 6.46. The standard InChI is InChI=1S/C12H21N3O2/c1-14-9-10(5-6-11(14)16)13-12(17)15-7-3-2-4-8-15/h10H,2-9H2,1H3,(H,13,17). The zero-order valence-corrected chi connectivity index (χ0v) is 10.4. The number of amides is 3. The summed E-state index contributed by atoms with van der Waals surface area (Å²) in [6, 6.07) is 0.157. The summed E-state index contributed by atoms with van der Waals surface area (Å²) >= 11 is 0. The zero-order chi connectivity index (χ0) is 12.3. The van der Waals surface area contributed by atoms with Crippen LogP contribution in [0.25, 0.3) is 0 Å². The molecule has 0 radical (unpaired) electrons. The number of urea groups is 1. The maximum atomic E-state index is 12.0. The Morgan fingerprint density at radius 2 is 2.00 bits per heavy atom. The molecule has 0 spiro atoms. The van der Waals surface area contributed by atoms with Gasteiger partial charge < -0.3 is 15.1 Å². The summed E-state index contributed by atoms with van der Waals surface area (Å²) in [5.74, 6) is 0.175. The van der Waals surface area contributed by atoms with Gasteiger partial charge in [0.1, 0.15) is 0 Å². The van der Waals surface area contributed by atoms with Gasteiger partial charge in [0.2, 0.25) is 5.91 Å². The van der Waals surface area contributed by atoms with Crippen LogP contribution in [0.2, 0.25) is 0 Å². The quantitative estimate of drug-likeness (QED) is 0.736. The number of nitrogens with zero attached hydrogens (tertiary/aromatic N) is 2. The van der Waals surface area contributed by atoms with Crippen LogP contribution >= 0.6 is 0 Å². The van der Waals surface area contributed by atoms with Gasteiger partial charge in [-0.3, -0.25) is 4.79 Å². The van der Waals surface area contributed by atoms with Crippen molar-refractivity contribution in [3.8, 4) is 0 Å². The number of carbonyl (C=O) groups is 2. The number of rotatable bonds is 1. The highest BCUT2D eigenvalue weighted by molar-refractivity contribution is 5.78. The van der Waals surface area contributed by atoms with Crippen LogP contribution in [0.3, 0.4) is 0 Å². The second-order valence-corrected chi connectivity index (χ2v) is 5.01. The van der Waals surface area contributed by atoms with E-state index in [1.807, 2.05) is 4.90 Å². The number of piperidine rings is 2. The van der Waals surface area contributed by atoms with Crippen LogP contribution in [0.4, 0.5) is 4.79 Å². The van der Waals surface area contributed by atoms with E-state index in [-0.39, 0.29) is 18.0 Å². The number of likely N-dealkylation sites (tertiary alicyclic amines) is 2. The fourth-order valence-electron chi connectivity index (χ4n) is 2.49. The highest BCUT2D eigenvalue weighted by atomic mass is 16.2. The fourth-order valence-corrected chi connectivity index (χ4v) is 2.49. The van der Waals surface area contributed by atoms with Crippen LogP contribution in [-0.2, 0) is 4.79 Å². The number of likely N-dealkylation sites (N-methyl/N-ethyl adjacent to an activating group) is 1. The summed E-state index contributed by atoms with van der Waals surface area (Å²) < 4.78 is 0. The minimum Gasteiger partial charge on any atom is -0.344 e. The van der Waals surface area contributed by atoms with Gasteiger partial charge in [-0.15, -0.1) is 0 Å². The van der Waals surface area contributed by atoms with Crippen LogP contribution < -0.4 is 5.32 Å². The molecule has 2 saturated heterocycles. The molecule has 2 aliphatic rings. The normalized spacial score (nSPS) is 25.9. The average molecular weight is 239 g/mol. The lowest BCUT2D eigenvalue weighted by Crippen LogP contribution is -2.52. The third-order valence-electron chi connectivity index (χ3n) is 3.60. The molecule has 2 rings (SSSR count). The predicted octanol–water partition coefficient (Wildman–Crippen LogP) is 0.803. The Kier molecular flexibility index (Phi) is 3.86. The second-order valence-electron chi connectivity index (χ2n) is 5.01. The third kappa shape index (κ3) is 3.11. The van der Waals surface area contributed by atoms with E-state index in [2.05, 4.69) is 5.32 Å². The Bertz CT molecular complexity index is 300. The van der Waals surface area contributed by atoms with Crippen molar-refractivity contribution in [2.45, 2.75) is 38.1 Å². The van der Waals surface area contributed by atoms with Crippen LogP contribution in [0.15, 0.2) is 0 Å². The molecule has 0 aliphatic carbocycles. The van der Waals surface area contributed by atoms with E-state index in [0.29, 0.717) is 13.0 Å². The smallest absolute Gasteiger partial charge is 0.317 e. The maximum absolute atomic E-state index is 12.0. The number of hydrogen-bond donors (Lipinski definition) is 1. The molecule has 3 amide bonds. The van der Waals surface area contributed by atoms with Crippen molar-refractivity contribution < 1.29 is 9.59 Å². The molecule has 1 N–H and O–H groups in total. The highest BCUT2D eigenvalue weighted by Gasteiger charge is 2.26. The van der Waals surface area contributed by atoms with Crippen molar-refractivity contribution in [1.82, 2.24) is 15.1 Å². The summed E-state index contributed by atoms with van der Waals surface area (Å²) in [6.45, 7) is 2.37. The van der Waals surface area contributed by atoms with E-state index in [9.17, 15) is 9.59 Å². The molecule has 2 aliphatic heterocycles. The Labute approximate surface area is 102 Å². The van der Waals surface area contributed by atoms with E-state index in [4.69, 9.17) is 0 Å². The van der Waals surface area contributed by atoms with Crippen molar-refractivity contribution in [3.05, 3.63) is 0 Å². The number of nitrogens with one attached hydrogen (secondary N) is 1. The first-order chi connectivity index (χ1) is 8.16. The monoisotopic (exact) mass is 239 g/mol. The molecule has 2 fully saturated rings. The lowest BCUT2D eigenvalue weighted by molar-refractivity contribution is -0.132. The summed E-state index contributed by atoms with van der Waals surface area (Å²) in [6.07, 6.45) is 4.75. The number of hydrogen-bond acceptors (Lipinski definition) is 2. The van der Waals surface area contributed by atoms with Gasteiger partial charge in [0.15, 0.2) is 0 Å². The van der Waals surface area contributed by atoms with Gasteiger partial charge in [0.05, 0.1) is 0 Å². The molecular weight excluding hydrogens is 218 g/mol. The summed E-state index contributed by atoms with van der Waals surface area (Å²) in [4.78, 5) is 26.9. The first-order valence-corrected chi connectivity index (χ1v) is 6.46. The van der Waals surface area contributed by atoms with E-state index >= 15 is 0 Å². The second kappa shape index (κ2) is 5.38. The van der Waals surface area contributed by atoms with Crippen molar-refractivity contribution in [3.63, 3.8) is 0 Å². The lowest BCUT2D eigenvalue weighted by atomic mass is 10.1. The molecule has 0 aromatic carbocycles. The molecule has 0 saturated carbocycles. The molecule has 2 heterocycles. The fraction of sp³-hybridized carbons (Fsp3) is 0.833. The van der Waals surface area contributed by atoms with Gasteiger partial charge in [0.25, 0.3) is 0 Å². The van der Waals surface area contributed by atoms with Crippen LogP contribution in [-0.4, -0.2) is 54.5 Å². The van der Waals surface area contributed by atoms with E-state index in [1.54, 1.807) is 11.9 Å². The summed E-state index contributed by atoms with van der Waals surface area (Å²) in [5, 5.41) is 3.03. The van der Waals surface area contributed by atoms with Gasteiger partial charge in [-0.2, -0.15) is 0 Å². The van der Waals surface area contributed by atoms with Crippen molar-refractivity contribution in [1.29, 1.82) is 0 Å². The van der Waals surface area contributed by atoms with E-state index < -0.39 is 0 Å². The van der Waals surface area contributed by atoms with Gasteiger partial charge in [0, 0.05) is 39.1 Å². The van der Waals surface area contributed by atoms with Gasteiger partial charge in [-0.05, 0) is 25.7 Å².